The fraction of sp³-hybridized carbons (Fsp3) is 0.652. The largest absolute Gasteiger partial charge is 0.497 e. The minimum atomic E-state index is -1.15. The molecule has 1 heterocycles. The van der Waals surface area contributed by atoms with E-state index in [1.54, 1.807) is 13.2 Å². The molecule has 2 saturated carbocycles. The first-order valence-corrected chi connectivity index (χ1v) is 10.8. The summed E-state index contributed by atoms with van der Waals surface area (Å²) in [5.41, 5.74) is 0.936. The van der Waals surface area contributed by atoms with E-state index in [0.29, 0.717) is 0 Å². The molecule has 1 saturated heterocycles. The molecule has 0 aromatic heterocycles. The molecule has 7 heteroatoms. The molecule has 1 aromatic carbocycles. The van der Waals surface area contributed by atoms with Gasteiger partial charge in [0.05, 0.1) is 20.3 Å². The highest BCUT2D eigenvalue weighted by Gasteiger charge is 2.61. The van der Waals surface area contributed by atoms with E-state index in [2.05, 4.69) is 6.58 Å². The van der Waals surface area contributed by atoms with Crippen LogP contribution in [-0.2, 0) is 25.6 Å². The van der Waals surface area contributed by atoms with Gasteiger partial charge in [-0.05, 0) is 30.5 Å². The third-order valence-electron chi connectivity index (χ3n) is 6.32. The number of ether oxygens (including phenoxy) is 5. The number of hydrogen-bond donors (Lipinski definition) is 2. The van der Waals surface area contributed by atoms with Crippen LogP contribution in [0.5, 0.6) is 5.75 Å². The van der Waals surface area contributed by atoms with Crippen LogP contribution in [0.2, 0.25) is 0 Å². The average Bonchev–Trinajstić information content (AvgIpc) is 3.12. The average molecular weight is 421 g/mol. The summed E-state index contributed by atoms with van der Waals surface area (Å²) in [7, 11) is 1.62. The Labute approximate surface area is 177 Å². The Balaban J connectivity index is 1.52. The van der Waals surface area contributed by atoms with Gasteiger partial charge in [-0.1, -0.05) is 24.6 Å². The fourth-order valence-corrected chi connectivity index (χ4v) is 4.75. The van der Waals surface area contributed by atoms with Gasteiger partial charge < -0.3 is 33.9 Å². The molecule has 4 rings (SSSR count). The lowest BCUT2D eigenvalue weighted by molar-refractivity contribution is -0.219. The van der Waals surface area contributed by atoms with E-state index in [9.17, 15) is 10.2 Å². The van der Waals surface area contributed by atoms with Crippen molar-refractivity contribution < 1.29 is 33.9 Å². The summed E-state index contributed by atoms with van der Waals surface area (Å²) < 4.78 is 29.9. The van der Waals surface area contributed by atoms with Crippen LogP contribution in [0.1, 0.15) is 37.7 Å². The van der Waals surface area contributed by atoms with E-state index in [1.165, 1.54) is 0 Å². The van der Waals surface area contributed by atoms with Gasteiger partial charge in [-0.15, -0.1) is 6.58 Å². The number of aliphatic hydroxyl groups is 2. The third kappa shape index (κ3) is 4.28. The predicted octanol–water partition coefficient (Wildman–Crippen LogP) is 2.33. The molecule has 0 bridgehead atoms. The van der Waals surface area contributed by atoms with Crippen molar-refractivity contribution in [1.29, 1.82) is 0 Å². The molecule has 2 N–H and O–H groups in total. The Bertz CT molecular complexity index is 700. The maximum absolute atomic E-state index is 10.9. The van der Waals surface area contributed by atoms with Gasteiger partial charge >= 0.3 is 0 Å². The van der Waals surface area contributed by atoms with Crippen LogP contribution in [0.4, 0.5) is 0 Å². The zero-order valence-corrected chi connectivity index (χ0v) is 17.4. The molecular weight excluding hydrogens is 388 g/mol. The Morgan fingerprint density at radius 1 is 1.00 bits per heavy atom. The molecule has 1 aliphatic heterocycles. The molecule has 3 fully saturated rings. The maximum Gasteiger partial charge on any atom is 0.169 e. The summed E-state index contributed by atoms with van der Waals surface area (Å²) in [6.45, 7) is 4.20. The number of fused-ring (bicyclic) bond motifs is 1. The van der Waals surface area contributed by atoms with Crippen molar-refractivity contribution >= 4 is 0 Å². The van der Waals surface area contributed by atoms with E-state index in [4.69, 9.17) is 23.7 Å². The second kappa shape index (κ2) is 9.34. The summed E-state index contributed by atoms with van der Waals surface area (Å²) in [6, 6.07) is 7.54. The van der Waals surface area contributed by atoms with Crippen molar-refractivity contribution in [3.63, 3.8) is 0 Å². The Morgan fingerprint density at radius 3 is 2.17 bits per heavy atom. The lowest BCUT2D eigenvalue weighted by Gasteiger charge is -2.42. The molecule has 7 nitrogen and oxygen atoms in total. The first-order valence-electron chi connectivity index (χ1n) is 10.8. The monoisotopic (exact) mass is 420 g/mol. The lowest BCUT2D eigenvalue weighted by Crippen LogP contribution is -2.64. The molecule has 2 aliphatic carbocycles. The highest BCUT2D eigenvalue weighted by Crippen LogP contribution is 2.46. The van der Waals surface area contributed by atoms with E-state index in [1.807, 2.05) is 24.3 Å². The fourth-order valence-electron chi connectivity index (χ4n) is 4.75. The maximum atomic E-state index is 10.9. The number of rotatable bonds is 7. The van der Waals surface area contributed by atoms with Crippen LogP contribution in [0.3, 0.4) is 0 Å². The van der Waals surface area contributed by atoms with Crippen LogP contribution in [0.25, 0.3) is 0 Å². The highest BCUT2D eigenvalue weighted by molar-refractivity contribution is 5.26. The topological polar surface area (TPSA) is 86.6 Å². The third-order valence-corrected chi connectivity index (χ3v) is 6.32. The minimum Gasteiger partial charge on any atom is -0.497 e. The Hall–Kier alpha value is -1.48. The van der Waals surface area contributed by atoms with Crippen molar-refractivity contribution in [2.24, 2.45) is 0 Å². The van der Waals surface area contributed by atoms with Gasteiger partial charge in [0.15, 0.2) is 5.79 Å². The number of benzene rings is 1. The van der Waals surface area contributed by atoms with E-state index >= 15 is 0 Å². The van der Waals surface area contributed by atoms with Crippen LogP contribution in [0.15, 0.2) is 36.9 Å². The molecule has 0 radical (unpaired) electrons. The molecule has 1 aromatic rings. The molecule has 6 atom stereocenters. The van der Waals surface area contributed by atoms with Crippen molar-refractivity contribution in [1.82, 2.24) is 0 Å². The van der Waals surface area contributed by atoms with Crippen molar-refractivity contribution in [2.75, 3.05) is 13.7 Å². The number of aliphatic hydroxyl groups excluding tert-OH is 2. The molecule has 0 unspecified atom stereocenters. The molecule has 3 aliphatic rings. The SMILES string of the molecule is C=CCO[C@H]1[C@@H](O)[C@@H](O)[C@@H](OCc2ccc(OC)cc2)[C@H]2OC3(CCCCC3)O[C@@H]21. The molecular formula is C23H32O7. The summed E-state index contributed by atoms with van der Waals surface area (Å²) in [6.07, 6.45) is 1.67. The van der Waals surface area contributed by atoms with Gasteiger partial charge in [0, 0.05) is 12.8 Å². The van der Waals surface area contributed by atoms with Gasteiger partial charge in [-0.25, -0.2) is 0 Å². The molecule has 1 spiro atoms. The quantitative estimate of drug-likeness (QED) is 0.655. The Morgan fingerprint density at radius 2 is 1.60 bits per heavy atom. The van der Waals surface area contributed by atoms with Gasteiger partial charge in [0.25, 0.3) is 0 Å². The zero-order chi connectivity index (χ0) is 21.1. The minimum absolute atomic E-state index is 0.255. The van der Waals surface area contributed by atoms with Crippen LogP contribution >= 0.6 is 0 Å². The van der Waals surface area contributed by atoms with E-state index in [0.717, 1.165) is 43.4 Å². The number of methoxy groups -OCH3 is 1. The highest BCUT2D eigenvalue weighted by atomic mass is 16.8. The van der Waals surface area contributed by atoms with Crippen molar-refractivity contribution in [3.05, 3.63) is 42.5 Å². The second-order valence-electron chi connectivity index (χ2n) is 8.33. The second-order valence-corrected chi connectivity index (χ2v) is 8.33. The van der Waals surface area contributed by atoms with Crippen LogP contribution < -0.4 is 4.74 Å². The summed E-state index contributed by atoms with van der Waals surface area (Å²) in [5.74, 6) is 0.0791. The lowest BCUT2D eigenvalue weighted by atomic mass is 9.84. The standard InChI is InChI=1S/C23H32O7/c1-3-13-27-19-17(24)18(25)20(28-14-15-7-9-16(26-2)10-8-15)22-21(19)29-23(30-22)11-5-4-6-12-23/h3,7-10,17-22,24-25H,1,4-6,11-14H2,2H3/t17-,18+,19-,20+,21+,22+/m0/s1. The van der Waals surface area contributed by atoms with Gasteiger partial charge in [0.1, 0.15) is 42.4 Å². The molecule has 30 heavy (non-hydrogen) atoms. The van der Waals surface area contributed by atoms with Gasteiger partial charge in [-0.3, -0.25) is 0 Å². The summed E-state index contributed by atoms with van der Waals surface area (Å²) >= 11 is 0. The number of hydrogen-bond acceptors (Lipinski definition) is 7. The van der Waals surface area contributed by atoms with Crippen molar-refractivity contribution in [2.45, 2.75) is 81.1 Å². The predicted molar refractivity (Wildman–Crippen MR) is 109 cm³/mol. The van der Waals surface area contributed by atoms with Gasteiger partial charge in [0.2, 0.25) is 0 Å². The van der Waals surface area contributed by atoms with Gasteiger partial charge in [-0.2, -0.15) is 0 Å². The van der Waals surface area contributed by atoms with E-state index in [-0.39, 0.29) is 13.2 Å². The summed E-state index contributed by atoms with van der Waals surface area (Å²) in [4.78, 5) is 0. The van der Waals surface area contributed by atoms with Crippen LogP contribution in [-0.4, -0.2) is 66.3 Å². The first kappa shape index (κ1) is 21.7. The normalized spacial score (nSPS) is 35.2. The van der Waals surface area contributed by atoms with Crippen LogP contribution in [0, 0.1) is 0 Å². The smallest absolute Gasteiger partial charge is 0.169 e. The molecule has 166 valence electrons. The first-order chi connectivity index (χ1) is 14.6. The molecule has 0 amide bonds. The van der Waals surface area contributed by atoms with E-state index < -0.39 is 42.4 Å². The zero-order valence-electron chi connectivity index (χ0n) is 17.4. The van der Waals surface area contributed by atoms with Crippen molar-refractivity contribution in [3.8, 4) is 5.75 Å². The summed E-state index contributed by atoms with van der Waals surface area (Å²) in [5, 5.41) is 21.7. The Kier molecular flexibility index (Phi) is 6.77.